The Balaban J connectivity index is 1.72. The molecule has 0 aliphatic carbocycles. The van der Waals surface area contributed by atoms with E-state index in [0.29, 0.717) is 17.8 Å². The van der Waals surface area contributed by atoms with Gasteiger partial charge in [-0.2, -0.15) is 0 Å². The number of benzene rings is 2. The van der Waals surface area contributed by atoms with Gasteiger partial charge in [-0.1, -0.05) is 42.5 Å². The molecular weight excluding hydrogens is 381 g/mol. The molecule has 1 aliphatic heterocycles. The third kappa shape index (κ3) is 3.85. The second-order valence-electron chi connectivity index (χ2n) is 7.12. The molecule has 2 heterocycles. The van der Waals surface area contributed by atoms with Crippen LogP contribution in [0.1, 0.15) is 16.7 Å². The molecule has 3 aromatic rings. The van der Waals surface area contributed by atoms with Crippen LogP contribution in [0.5, 0.6) is 0 Å². The molecule has 2 aromatic carbocycles. The number of imide groups is 1. The average Bonchev–Trinajstić information content (AvgIpc) is 3.00. The zero-order chi connectivity index (χ0) is 21.1. The van der Waals surface area contributed by atoms with Crippen molar-refractivity contribution < 1.29 is 14.0 Å². The van der Waals surface area contributed by atoms with E-state index in [1.165, 1.54) is 29.2 Å². The minimum Gasteiger partial charge on any atom is -0.365 e. The minimum atomic E-state index is -0.399. The maximum absolute atomic E-state index is 13.5. The highest BCUT2D eigenvalue weighted by Crippen LogP contribution is 2.32. The Morgan fingerprint density at radius 1 is 0.867 bits per heavy atom. The Morgan fingerprint density at radius 3 is 2.20 bits per heavy atom. The quantitative estimate of drug-likeness (QED) is 0.592. The van der Waals surface area contributed by atoms with Gasteiger partial charge in [-0.15, -0.1) is 0 Å². The average molecular weight is 401 g/mol. The summed E-state index contributed by atoms with van der Waals surface area (Å²) in [6, 6.07) is 18.9. The molecule has 0 bridgehead atoms. The van der Waals surface area contributed by atoms with Gasteiger partial charge in [-0.25, -0.2) is 4.39 Å². The number of amides is 2. The molecule has 0 radical (unpaired) electrons. The predicted octanol–water partition coefficient (Wildman–Crippen LogP) is 3.63. The molecule has 0 saturated heterocycles. The molecule has 2 amide bonds. The first-order chi connectivity index (χ1) is 14.5. The lowest BCUT2D eigenvalue weighted by atomic mass is 10.0. The molecule has 1 aromatic heterocycles. The molecular formula is C24H20FN3O2. The van der Waals surface area contributed by atoms with Crippen molar-refractivity contribution in [3.05, 3.63) is 107 Å². The van der Waals surface area contributed by atoms with Gasteiger partial charge in [0.15, 0.2) is 0 Å². The standard InChI is InChI=1S/C24H20FN3O2/c1-27(15-17-5-3-2-4-6-17)22-21(19-7-9-20(25)10-8-19)23(29)28(24(22)30)16-18-11-13-26-14-12-18/h2-14H,15-16H2,1H3. The Kier molecular flexibility index (Phi) is 5.39. The number of rotatable bonds is 6. The first-order valence-corrected chi connectivity index (χ1v) is 9.55. The molecule has 5 nitrogen and oxygen atoms in total. The van der Waals surface area contributed by atoms with Gasteiger partial charge in [0.05, 0.1) is 12.1 Å². The highest BCUT2D eigenvalue weighted by Gasteiger charge is 2.40. The zero-order valence-electron chi connectivity index (χ0n) is 16.5. The number of hydrogen-bond donors (Lipinski definition) is 0. The summed E-state index contributed by atoms with van der Waals surface area (Å²) >= 11 is 0. The van der Waals surface area contributed by atoms with Gasteiger partial charge in [0.25, 0.3) is 11.8 Å². The van der Waals surface area contributed by atoms with Crippen LogP contribution in [0.15, 0.2) is 84.8 Å². The zero-order valence-corrected chi connectivity index (χ0v) is 16.5. The van der Waals surface area contributed by atoms with Crippen molar-refractivity contribution in [3.63, 3.8) is 0 Å². The number of hydrogen-bond acceptors (Lipinski definition) is 4. The highest BCUT2D eigenvalue weighted by atomic mass is 19.1. The van der Waals surface area contributed by atoms with Crippen LogP contribution in [0.3, 0.4) is 0 Å². The molecule has 6 heteroatoms. The minimum absolute atomic E-state index is 0.146. The fourth-order valence-electron chi connectivity index (χ4n) is 3.54. The molecule has 0 unspecified atom stereocenters. The van der Waals surface area contributed by atoms with Gasteiger partial charge in [0.1, 0.15) is 11.5 Å². The molecule has 0 spiro atoms. The van der Waals surface area contributed by atoms with E-state index in [4.69, 9.17) is 0 Å². The summed E-state index contributed by atoms with van der Waals surface area (Å²) < 4.78 is 13.5. The van der Waals surface area contributed by atoms with Crippen molar-refractivity contribution in [3.8, 4) is 0 Å². The van der Waals surface area contributed by atoms with Crippen LogP contribution < -0.4 is 0 Å². The summed E-state index contributed by atoms with van der Waals surface area (Å²) in [7, 11) is 1.78. The second kappa shape index (κ2) is 8.29. The summed E-state index contributed by atoms with van der Waals surface area (Å²) in [5.41, 5.74) is 2.93. The van der Waals surface area contributed by atoms with E-state index in [1.807, 2.05) is 30.3 Å². The van der Waals surface area contributed by atoms with Crippen LogP contribution in [0, 0.1) is 5.82 Å². The van der Waals surface area contributed by atoms with Gasteiger partial charge < -0.3 is 4.90 Å². The first kappa shape index (κ1) is 19.5. The molecule has 4 rings (SSSR count). The van der Waals surface area contributed by atoms with Crippen LogP contribution in [0.2, 0.25) is 0 Å². The molecule has 1 aliphatic rings. The number of carbonyl (C=O) groups is 2. The van der Waals surface area contributed by atoms with Crippen LogP contribution in [0.25, 0.3) is 5.57 Å². The topological polar surface area (TPSA) is 53.5 Å². The molecule has 0 saturated carbocycles. The van der Waals surface area contributed by atoms with E-state index < -0.39 is 11.7 Å². The van der Waals surface area contributed by atoms with E-state index in [1.54, 1.807) is 36.5 Å². The third-order valence-corrected chi connectivity index (χ3v) is 5.01. The number of nitrogens with zero attached hydrogens (tertiary/aromatic N) is 3. The summed E-state index contributed by atoms with van der Waals surface area (Å²) in [6.45, 7) is 0.608. The number of aromatic nitrogens is 1. The van der Waals surface area contributed by atoms with Gasteiger partial charge in [-0.3, -0.25) is 19.5 Å². The van der Waals surface area contributed by atoms with Gasteiger partial charge in [0, 0.05) is 26.0 Å². The number of likely N-dealkylation sites (N-methyl/N-ethyl adjacent to an activating group) is 1. The van der Waals surface area contributed by atoms with Gasteiger partial charge in [0.2, 0.25) is 0 Å². The van der Waals surface area contributed by atoms with Crippen molar-refractivity contribution >= 4 is 17.4 Å². The van der Waals surface area contributed by atoms with Gasteiger partial charge >= 0.3 is 0 Å². The summed E-state index contributed by atoms with van der Waals surface area (Å²) in [5, 5.41) is 0. The maximum atomic E-state index is 13.5. The van der Waals surface area contributed by atoms with Crippen molar-refractivity contribution in [2.75, 3.05) is 7.05 Å². The predicted molar refractivity (Wildman–Crippen MR) is 111 cm³/mol. The van der Waals surface area contributed by atoms with Crippen LogP contribution in [-0.2, 0) is 22.7 Å². The second-order valence-corrected chi connectivity index (χ2v) is 7.12. The Bertz CT molecular complexity index is 1100. The number of carbonyl (C=O) groups excluding carboxylic acids is 2. The Morgan fingerprint density at radius 2 is 1.53 bits per heavy atom. The molecule has 30 heavy (non-hydrogen) atoms. The van der Waals surface area contributed by atoms with E-state index in [2.05, 4.69) is 4.98 Å². The lowest BCUT2D eigenvalue weighted by Gasteiger charge is -2.21. The highest BCUT2D eigenvalue weighted by molar-refractivity contribution is 6.35. The summed E-state index contributed by atoms with van der Waals surface area (Å²) in [4.78, 5) is 33.6. The normalized spacial score (nSPS) is 13.9. The van der Waals surface area contributed by atoms with E-state index in [9.17, 15) is 14.0 Å². The van der Waals surface area contributed by atoms with Crippen molar-refractivity contribution in [1.29, 1.82) is 0 Å². The fourth-order valence-corrected chi connectivity index (χ4v) is 3.54. The van der Waals surface area contributed by atoms with E-state index in [-0.39, 0.29) is 18.0 Å². The van der Waals surface area contributed by atoms with E-state index in [0.717, 1.165) is 11.1 Å². The van der Waals surface area contributed by atoms with Crippen molar-refractivity contribution in [2.24, 2.45) is 0 Å². The van der Waals surface area contributed by atoms with Gasteiger partial charge in [-0.05, 0) is 41.0 Å². The smallest absolute Gasteiger partial charge is 0.278 e. The summed E-state index contributed by atoms with van der Waals surface area (Å²) in [5.74, 6) is -1.16. The Labute approximate surface area is 174 Å². The van der Waals surface area contributed by atoms with Crippen LogP contribution >= 0.6 is 0 Å². The Hall–Kier alpha value is -3.80. The monoisotopic (exact) mass is 401 g/mol. The molecule has 0 fully saturated rings. The number of pyridine rings is 1. The molecule has 0 atom stereocenters. The lowest BCUT2D eigenvalue weighted by Crippen LogP contribution is -2.33. The van der Waals surface area contributed by atoms with E-state index >= 15 is 0 Å². The van der Waals surface area contributed by atoms with Crippen LogP contribution in [0.4, 0.5) is 4.39 Å². The third-order valence-electron chi connectivity index (χ3n) is 5.01. The number of halogens is 1. The molecule has 0 N–H and O–H groups in total. The lowest BCUT2D eigenvalue weighted by molar-refractivity contribution is -0.138. The SMILES string of the molecule is CN(Cc1ccccc1)C1=C(c2ccc(F)cc2)C(=O)N(Cc2ccncc2)C1=O. The summed E-state index contributed by atoms with van der Waals surface area (Å²) in [6.07, 6.45) is 3.24. The first-order valence-electron chi connectivity index (χ1n) is 9.55. The van der Waals surface area contributed by atoms with Crippen LogP contribution in [-0.4, -0.2) is 33.6 Å². The molecule has 150 valence electrons. The fraction of sp³-hybridized carbons (Fsp3) is 0.125. The van der Waals surface area contributed by atoms with Crippen molar-refractivity contribution in [1.82, 2.24) is 14.8 Å². The largest absolute Gasteiger partial charge is 0.365 e. The van der Waals surface area contributed by atoms with Crippen molar-refractivity contribution in [2.45, 2.75) is 13.1 Å². The maximum Gasteiger partial charge on any atom is 0.278 e.